The van der Waals surface area contributed by atoms with E-state index < -0.39 is 20.7 Å². The summed E-state index contributed by atoms with van der Waals surface area (Å²) in [4.78, 5) is 14.8. The average Bonchev–Trinajstić information content (AvgIpc) is 3.31. The highest BCUT2D eigenvalue weighted by atomic mass is 35.5. The number of H-pyrrole nitrogens is 1. The van der Waals surface area contributed by atoms with E-state index >= 15 is 4.39 Å². The molecule has 4 aromatic rings. The first kappa shape index (κ1) is 26.3. The van der Waals surface area contributed by atoms with Crippen LogP contribution >= 0.6 is 23.2 Å². The van der Waals surface area contributed by atoms with Crippen molar-refractivity contribution in [1.29, 1.82) is 0 Å². The summed E-state index contributed by atoms with van der Waals surface area (Å²) < 4.78 is 50.0. The van der Waals surface area contributed by atoms with Crippen LogP contribution in [0.25, 0.3) is 10.9 Å². The summed E-state index contributed by atoms with van der Waals surface area (Å²) in [5.41, 5.74) is 1.16. The van der Waals surface area contributed by atoms with Gasteiger partial charge in [0.25, 0.3) is 15.9 Å². The number of aromatic nitrogens is 1. The van der Waals surface area contributed by atoms with Crippen molar-refractivity contribution < 1.29 is 22.3 Å². The molecule has 0 radical (unpaired) electrons. The molecule has 1 aliphatic carbocycles. The minimum Gasteiger partial charge on any atom is -0.487 e. The Hall–Kier alpha value is -3.27. The molecule has 198 valence electrons. The highest BCUT2D eigenvalue weighted by Gasteiger charge is 2.28. The van der Waals surface area contributed by atoms with Gasteiger partial charge in [-0.05, 0) is 62.1 Å². The number of hydrogen-bond donors (Lipinski definition) is 3. The number of nitrogens with one attached hydrogen (secondary N) is 3. The average molecular weight is 576 g/mol. The van der Waals surface area contributed by atoms with E-state index in [2.05, 4.69) is 15.0 Å². The maximum Gasteiger partial charge on any atom is 0.265 e. The van der Waals surface area contributed by atoms with E-state index in [9.17, 15) is 13.2 Å². The molecular formula is C27H24Cl2FN3O4S. The van der Waals surface area contributed by atoms with Crippen LogP contribution in [0.15, 0.2) is 71.8 Å². The van der Waals surface area contributed by atoms with Crippen LogP contribution in [0.3, 0.4) is 0 Å². The summed E-state index contributed by atoms with van der Waals surface area (Å²) >= 11 is 12.3. The van der Waals surface area contributed by atoms with Gasteiger partial charge in [0, 0.05) is 23.2 Å². The van der Waals surface area contributed by atoms with Gasteiger partial charge in [0.15, 0.2) is 11.6 Å². The Morgan fingerprint density at radius 2 is 1.68 bits per heavy atom. The second kappa shape index (κ2) is 10.8. The number of amides is 1. The van der Waals surface area contributed by atoms with Gasteiger partial charge in [-0.2, -0.15) is 0 Å². The Morgan fingerprint density at radius 1 is 0.947 bits per heavy atom. The summed E-state index contributed by atoms with van der Waals surface area (Å²) in [6.07, 6.45) is 3.69. The predicted octanol–water partition coefficient (Wildman–Crippen LogP) is 6.53. The zero-order chi connectivity index (χ0) is 26.9. The lowest BCUT2D eigenvalue weighted by molar-refractivity contribution is 0.0890. The third kappa shape index (κ3) is 5.45. The van der Waals surface area contributed by atoms with Crippen molar-refractivity contribution in [2.75, 3.05) is 4.72 Å². The molecule has 1 aromatic heterocycles. The molecule has 3 N–H and O–H groups in total. The normalized spacial score (nSPS) is 17.8. The van der Waals surface area contributed by atoms with E-state index in [1.807, 2.05) is 18.2 Å². The maximum absolute atomic E-state index is 15.4. The largest absolute Gasteiger partial charge is 0.487 e. The Morgan fingerprint density at radius 3 is 2.42 bits per heavy atom. The lowest BCUT2D eigenvalue weighted by atomic mass is 9.92. The quantitative estimate of drug-likeness (QED) is 0.233. The predicted molar refractivity (Wildman–Crippen MR) is 146 cm³/mol. The van der Waals surface area contributed by atoms with Crippen molar-refractivity contribution in [2.45, 2.75) is 42.7 Å². The molecule has 1 heterocycles. The van der Waals surface area contributed by atoms with Crippen LogP contribution in [0.5, 0.6) is 5.75 Å². The van der Waals surface area contributed by atoms with Gasteiger partial charge in [-0.1, -0.05) is 47.5 Å². The standard InChI is InChI=1S/C27H24Cl2FN3O4S/c28-19-13-14-21(26-24(19)20(29)15-31-26)33-38(35,36)23-8-4-7-22(25(23)30)37-18-11-9-17(10-12-18)32-27(34)16-5-2-1-3-6-16/h1-8,13-15,17-18,31,33H,9-12H2,(H,32,34). The molecule has 1 saturated carbocycles. The molecule has 1 amide bonds. The van der Waals surface area contributed by atoms with Crippen molar-refractivity contribution in [3.8, 4) is 5.75 Å². The third-order valence-corrected chi connectivity index (χ3v) is 8.53. The fourth-order valence-corrected chi connectivity index (χ4v) is 6.33. The van der Waals surface area contributed by atoms with Crippen molar-refractivity contribution >= 4 is 55.7 Å². The van der Waals surface area contributed by atoms with Gasteiger partial charge in [0.2, 0.25) is 0 Å². The summed E-state index contributed by atoms with van der Waals surface area (Å²) in [6, 6.07) is 16.0. The number of sulfonamides is 1. The zero-order valence-corrected chi connectivity index (χ0v) is 22.3. The van der Waals surface area contributed by atoms with E-state index in [0.717, 1.165) is 0 Å². The molecule has 11 heteroatoms. The fraction of sp³-hybridized carbons (Fsp3) is 0.222. The molecule has 0 saturated heterocycles. The number of rotatable bonds is 7. The third-order valence-electron chi connectivity index (χ3n) is 6.54. The smallest absolute Gasteiger partial charge is 0.265 e. The van der Waals surface area contributed by atoms with Crippen LogP contribution < -0.4 is 14.8 Å². The van der Waals surface area contributed by atoms with Crippen LogP contribution in [0.4, 0.5) is 10.1 Å². The number of anilines is 1. The molecule has 1 fully saturated rings. The lowest BCUT2D eigenvalue weighted by Gasteiger charge is -2.29. The molecule has 0 bridgehead atoms. The van der Waals surface area contributed by atoms with E-state index in [4.69, 9.17) is 27.9 Å². The highest BCUT2D eigenvalue weighted by Crippen LogP contribution is 2.36. The van der Waals surface area contributed by atoms with Crippen LogP contribution in [0.2, 0.25) is 10.0 Å². The van der Waals surface area contributed by atoms with Gasteiger partial charge in [-0.3, -0.25) is 9.52 Å². The maximum atomic E-state index is 15.4. The molecule has 0 atom stereocenters. The molecule has 0 spiro atoms. The number of halogens is 3. The van der Waals surface area contributed by atoms with Crippen LogP contribution in [-0.4, -0.2) is 31.5 Å². The second-order valence-electron chi connectivity index (χ2n) is 9.09. The summed E-state index contributed by atoms with van der Waals surface area (Å²) in [7, 11) is -4.31. The zero-order valence-electron chi connectivity index (χ0n) is 20.0. The first-order valence-electron chi connectivity index (χ1n) is 12.0. The van der Waals surface area contributed by atoms with Gasteiger partial charge in [0.1, 0.15) is 4.90 Å². The molecule has 3 aromatic carbocycles. The first-order valence-corrected chi connectivity index (χ1v) is 14.3. The monoisotopic (exact) mass is 575 g/mol. The van der Waals surface area contributed by atoms with Gasteiger partial charge < -0.3 is 15.0 Å². The van der Waals surface area contributed by atoms with Crippen molar-refractivity contribution in [2.24, 2.45) is 0 Å². The Balaban J connectivity index is 1.26. The number of ether oxygens (including phenoxy) is 1. The topological polar surface area (TPSA) is 100 Å². The Kier molecular flexibility index (Phi) is 7.52. The number of fused-ring (bicyclic) bond motifs is 1. The van der Waals surface area contributed by atoms with Crippen LogP contribution in [0.1, 0.15) is 36.0 Å². The van der Waals surface area contributed by atoms with Crippen molar-refractivity contribution in [3.63, 3.8) is 0 Å². The molecule has 7 nitrogen and oxygen atoms in total. The van der Waals surface area contributed by atoms with Gasteiger partial charge in [-0.25, -0.2) is 12.8 Å². The molecular weight excluding hydrogens is 552 g/mol. The summed E-state index contributed by atoms with van der Waals surface area (Å²) in [5, 5.41) is 4.17. The SMILES string of the molecule is O=C(NC1CCC(Oc2cccc(S(=O)(=O)Nc3ccc(Cl)c4c(Cl)c[nH]c34)c2F)CC1)c1ccccc1. The minimum absolute atomic E-state index is 0.0129. The highest BCUT2D eigenvalue weighted by molar-refractivity contribution is 7.92. The van der Waals surface area contributed by atoms with Crippen molar-refractivity contribution in [3.05, 3.63) is 88.3 Å². The first-order chi connectivity index (χ1) is 18.2. The fourth-order valence-electron chi connectivity index (χ4n) is 4.61. The van der Waals surface area contributed by atoms with Gasteiger partial charge >= 0.3 is 0 Å². The number of aromatic amines is 1. The summed E-state index contributed by atoms with van der Waals surface area (Å²) in [5.74, 6) is -1.26. The van der Waals surface area contributed by atoms with Gasteiger partial charge in [-0.15, -0.1) is 0 Å². The van der Waals surface area contributed by atoms with Gasteiger partial charge in [0.05, 0.1) is 27.4 Å². The van der Waals surface area contributed by atoms with Crippen molar-refractivity contribution in [1.82, 2.24) is 10.3 Å². The summed E-state index contributed by atoms with van der Waals surface area (Å²) in [6.45, 7) is 0. The lowest BCUT2D eigenvalue weighted by Crippen LogP contribution is -2.39. The molecule has 38 heavy (non-hydrogen) atoms. The number of carbonyl (C=O) groups is 1. The van der Waals surface area contributed by atoms with E-state index in [-0.39, 0.29) is 29.5 Å². The number of carbonyl (C=O) groups excluding carboxylic acids is 1. The number of benzene rings is 3. The minimum atomic E-state index is -4.31. The molecule has 0 unspecified atom stereocenters. The molecule has 0 aliphatic heterocycles. The van der Waals surface area contributed by atoms with Crippen LogP contribution in [0, 0.1) is 5.82 Å². The van der Waals surface area contributed by atoms with E-state index in [1.165, 1.54) is 36.5 Å². The second-order valence-corrected chi connectivity index (χ2v) is 11.6. The Labute approximate surface area is 229 Å². The van der Waals surface area contributed by atoms with Crippen LogP contribution in [-0.2, 0) is 10.0 Å². The van der Waals surface area contributed by atoms with E-state index in [0.29, 0.717) is 52.2 Å². The Bertz CT molecular complexity index is 1590. The molecule has 5 rings (SSSR count). The molecule has 1 aliphatic rings. The number of hydrogen-bond acceptors (Lipinski definition) is 4. The van der Waals surface area contributed by atoms with E-state index in [1.54, 1.807) is 12.1 Å².